The lowest BCUT2D eigenvalue weighted by atomic mass is 9.74. The molecule has 0 aliphatic heterocycles. The highest BCUT2D eigenvalue weighted by atomic mass is 16.1. The summed E-state index contributed by atoms with van der Waals surface area (Å²) in [7, 11) is 4.12. The van der Waals surface area contributed by atoms with Gasteiger partial charge in [-0.15, -0.1) is 0 Å². The van der Waals surface area contributed by atoms with E-state index in [0.717, 1.165) is 39.0 Å². The van der Waals surface area contributed by atoms with Crippen LogP contribution in [0.2, 0.25) is 0 Å². The van der Waals surface area contributed by atoms with Gasteiger partial charge in [0, 0.05) is 43.4 Å². The van der Waals surface area contributed by atoms with Crippen molar-refractivity contribution >= 4 is 5.91 Å². The highest BCUT2D eigenvalue weighted by Crippen LogP contribution is 2.35. The fourth-order valence-electron chi connectivity index (χ4n) is 3.31. The molecule has 28 heavy (non-hydrogen) atoms. The Hall–Kier alpha value is -1.40. The van der Waals surface area contributed by atoms with Gasteiger partial charge in [0.1, 0.15) is 0 Å². The predicted molar refractivity (Wildman–Crippen MR) is 117 cm³/mol. The van der Waals surface area contributed by atoms with Crippen LogP contribution < -0.4 is 10.6 Å². The molecule has 0 aliphatic rings. The van der Waals surface area contributed by atoms with E-state index in [2.05, 4.69) is 74.3 Å². The minimum absolute atomic E-state index is 0.00707. The third kappa shape index (κ3) is 7.92. The standard InChI is InChI=1S/C22H43N5O/c1-16(2)13-24-21(28)18(4)22(5,6)10-9-17(3)20-19(14-25-26-20)15-27(8)12-11-23-7/h14,16-18,23H,9-13,15H2,1-8H3,(H,24,28)(H,25,26)/t17?,18-/m0/s1. The van der Waals surface area contributed by atoms with Gasteiger partial charge in [0.2, 0.25) is 5.91 Å². The smallest absolute Gasteiger partial charge is 0.223 e. The SMILES string of the molecule is CNCCN(C)Cc1cn[nH]c1C(C)CCC(C)(C)[C@@H](C)C(=O)NCC(C)C. The Labute approximate surface area is 172 Å². The molecule has 2 atom stereocenters. The first-order chi connectivity index (χ1) is 13.1. The second-order valence-electron chi connectivity index (χ2n) is 9.44. The van der Waals surface area contributed by atoms with Gasteiger partial charge in [0.25, 0.3) is 0 Å². The second kappa shape index (κ2) is 11.6. The van der Waals surface area contributed by atoms with Crippen molar-refractivity contribution in [1.82, 2.24) is 25.7 Å². The third-order valence-electron chi connectivity index (χ3n) is 5.90. The molecule has 0 aliphatic carbocycles. The van der Waals surface area contributed by atoms with Crippen molar-refractivity contribution in [3.63, 3.8) is 0 Å². The average molecular weight is 394 g/mol. The molecule has 1 aromatic rings. The summed E-state index contributed by atoms with van der Waals surface area (Å²) in [6.07, 6.45) is 3.98. The molecular weight excluding hydrogens is 350 g/mol. The first kappa shape index (κ1) is 24.6. The number of nitrogens with one attached hydrogen (secondary N) is 3. The molecule has 3 N–H and O–H groups in total. The number of amides is 1. The van der Waals surface area contributed by atoms with E-state index in [1.54, 1.807) is 0 Å². The quantitative estimate of drug-likeness (QED) is 0.480. The van der Waals surface area contributed by atoms with E-state index in [9.17, 15) is 4.79 Å². The van der Waals surface area contributed by atoms with Crippen molar-refractivity contribution in [3.8, 4) is 0 Å². The molecule has 0 saturated carbocycles. The molecule has 0 spiro atoms. The number of hydrogen-bond acceptors (Lipinski definition) is 4. The first-order valence-electron chi connectivity index (χ1n) is 10.7. The maximum absolute atomic E-state index is 12.5. The topological polar surface area (TPSA) is 73.0 Å². The number of carbonyl (C=O) groups excluding carboxylic acids is 1. The number of nitrogens with zero attached hydrogens (tertiary/aromatic N) is 2. The fourth-order valence-corrected chi connectivity index (χ4v) is 3.31. The summed E-state index contributed by atoms with van der Waals surface area (Å²) < 4.78 is 0. The normalized spacial score (nSPS) is 14.5. The zero-order valence-electron chi connectivity index (χ0n) is 19.4. The summed E-state index contributed by atoms with van der Waals surface area (Å²) in [5, 5.41) is 13.8. The van der Waals surface area contributed by atoms with Crippen molar-refractivity contribution in [2.45, 2.75) is 66.8 Å². The maximum atomic E-state index is 12.5. The fraction of sp³-hybridized carbons (Fsp3) is 0.818. The minimum Gasteiger partial charge on any atom is -0.356 e. The highest BCUT2D eigenvalue weighted by Gasteiger charge is 2.32. The summed E-state index contributed by atoms with van der Waals surface area (Å²) >= 11 is 0. The molecule has 1 heterocycles. The Bertz CT molecular complexity index is 581. The first-order valence-corrected chi connectivity index (χ1v) is 10.7. The maximum Gasteiger partial charge on any atom is 0.223 e. The van der Waals surface area contributed by atoms with Crippen molar-refractivity contribution in [1.29, 1.82) is 0 Å². The molecule has 6 heteroatoms. The molecular formula is C22H43N5O. The van der Waals surface area contributed by atoms with Crippen molar-refractivity contribution in [2.75, 3.05) is 33.7 Å². The number of likely N-dealkylation sites (N-methyl/N-ethyl adjacent to an activating group) is 2. The summed E-state index contributed by atoms with van der Waals surface area (Å²) in [6, 6.07) is 0. The van der Waals surface area contributed by atoms with Crippen LogP contribution in [-0.4, -0.2) is 54.7 Å². The van der Waals surface area contributed by atoms with Crippen molar-refractivity contribution in [3.05, 3.63) is 17.5 Å². The highest BCUT2D eigenvalue weighted by molar-refractivity contribution is 5.79. The number of aromatic nitrogens is 2. The van der Waals surface area contributed by atoms with E-state index < -0.39 is 0 Å². The van der Waals surface area contributed by atoms with E-state index >= 15 is 0 Å². The average Bonchev–Trinajstić information content (AvgIpc) is 3.09. The number of H-pyrrole nitrogens is 1. The molecule has 162 valence electrons. The Morgan fingerprint density at radius 2 is 1.96 bits per heavy atom. The van der Waals surface area contributed by atoms with Gasteiger partial charge in [0.05, 0.1) is 6.20 Å². The van der Waals surface area contributed by atoms with Crippen LogP contribution in [0, 0.1) is 17.3 Å². The van der Waals surface area contributed by atoms with Gasteiger partial charge in [-0.25, -0.2) is 0 Å². The lowest BCUT2D eigenvalue weighted by Crippen LogP contribution is -2.39. The summed E-state index contributed by atoms with van der Waals surface area (Å²) in [4.78, 5) is 14.8. The van der Waals surface area contributed by atoms with Gasteiger partial charge >= 0.3 is 0 Å². The van der Waals surface area contributed by atoms with Crippen LogP contribution in [0.25, 0.3) is 0 Å². The largest absolute Gasteiger partial charge is 0.356 e. The zero-order valence-corrected chi connectivity index (χ0v) is 19.4. The van der Waals surface area contributed by atoms with Gasteiger partial charge in [-0.2, -0.15) is 5.10 Å². The second-order valence-corrected chi connectivity index (χ2v) is 9.44. The van der Waals surface area contributed by atoms with Crippen LogP contribution in [0.5, 0.6) is 0 Å². The molecule has 0 radical (unpaired) electrons. The van der Waals surface area contributed by atoms with Crippen molar-refractivity contribution in [2.24, 2.45) is 17.3 Å². The molecule has 0 saturated heterocycles. The van der Waals surface area contributed by atoms with Crippen LogP contribution in [0.1, 0.15) is 71.6 Å². The van der Waals surface area contributed by atoms with Gasteiger partial charge in [-0.3, -0.25) is 9.89 Å². The van der Waals surface area contributed by atoms with Crippen LogP contribution in [-0.2, 0) is 11.3 Å². The molecule has 1 rings (SSSR count). The van der Waals surface area contributed by atoms with E-state index in [4.69, 9.17) is 0 Å². The Balaban J connectivity index is 2.62. The van der Waals surface area contributed by atoms with Gasteiger partial charge in [-0.05, 0) is 44.2 Å². The minimum atomic E-state index is -0.0426. The number of carbonyl (C=O) groups is 1. The molecule has 0 fully saturated rings. The van der Waals surface area contributed by atoms with Crippen LogP contribution in [0.15, 0.2) is 6.20 Å². The van der Waals surface area contributed by atoms with E-state index in [1.807, 2.05) is 13.2 Å². The molecule has 6 nitrogen and oxygen atoms in total. The van der Waals surface area contributed by atoms with Crippen LogP contribution >= 0.6 is 0 Å². The molecule has 0 aromatic carbocycles. The summed E-state index contributed by atoms with van der Waals surface area (Å²) in [5.41, 5.74) is 2.45. The third-order valence-corrected chi connectivity index (χ3v) is 5.90. The van der Waals surface area contributed by atoms with Gasteiger partial charge in [-0.1, -0.05) is 41.5 Å². The zero-order chi connectivity index (χ0) is 21.3. The molecule has 0 bridgehead atoms. The van der Waals surface area contributed by atoms with Gasteiger partial charge < -0.3 is 15.5 Å². The Morgan fingerprint density at radius 1 is 1.29 bits per heavy atom. The number of aromatic amines is 1. The van der Waals surface area contributed by atoms with E-state index in [0.29, 0.717) is 11.8 Å². The monoisotopic (exact) mass is 393 g/mol. The lowest BCUT2D eigenvalue weighted by Gasteiger charge is -2.32. The molecule has 1 aromatic heterocycles. The van der Waals surface area contributed by atoms with Crippen molar-refractivity contribution < 1.29 is 4.79 Å². The van der Waals surface area contributed by atoms with E-state index in [-0.39, 0.29) is 17.2 Å². The number of rotatable bonds is 13. The summed E-state index contributed by atoms with van der Waals surface area (Å²) in [6.45, 7) is 16.6. The van der Waals surface area contributed by atoms with Gasteiger partial charge in [0.15, 0.2) is 0 Å². The molecule has 1 amide bonds. The van der Waals surface area contributed by atoms with Crippen LogP contribution in [0.3, 0.4) is 0 Å². The molecule has 1 unspecified atom stereocenters. The number of hydrogen-bond donors (Lipinski definition) is 3. The van der Waals surface area contributed by atoms with E-state index in [1.165, 1.54) is 11.3 Å². The summed E-state index contributed by atoms with van der Waals surface area (Å²) in [5.74, 6) is 1.02. The Kier molecular flexibility index (Phi) is 10.2. The lowest BCUT2D eigenvalue weighted by molar-refractivity contribution is -0.128. The van der Waals surface area contributed by atoms with Crippen LogP contribution in [0.4, 0.5) is 0 Å². The predicted octanol–water partition coefficient (Wildman–Crippen LogP) is 3.38. The Morgan fingerprint density at radius 3 is 2.57 bits per heavy atom.